The van der Waals surface area contributed by atoms with E-state index < -0.39 is 5.97 Å². The van der Waals surface area contributed by atoms with Crippen LogP contribution in [0.2, 0.25) is 5.02 Å². The Balaban J connectivity index is 0.00000289. The second-order valence-electron chi connectivity index (χ2n) is 3.44. The topological polar surface area (TPSA) is 47.6 Å². The van der Waals surface area contributed by atoms with Crippen LogP contribution >= 0.6 is 24.0 Å². The van der Waals surface area contributed by atoms with Gasteiger partial charge in [0.25, 0.3) is 0 Å². The molecule has 4 nitrogen and oxygen atoms in total. The maximum Gasteiger partial charge on any atom is 0.341 e. The summed E-state index contributed by atoms with van der Waals surface area (Å²) in [6.45, 7) is 1.40. The van der Waals surface area contributed by atoms with Crippen molar-refractivity contribution in [2.75, 3.05) is 27.3 Å². The van der Waals surface area contributed by atoms with Crippen molar-refractivity contribution in [3.63, 3.8) is 0 Å². The molecule has 102 valence electrons. The summed E-state index contributed by atoms with van der Waals surface area (Å²) in [5, 5.41) is 3.50. The van der Waals surface area contributed by atoms with E-state index in [1.165, 1.54) is 7.11 Å². The molecule has 1 N–H and O–H groups in total. The highest BCUT2D eigenvalue weighted by atomic mass is 35.5. The van der Waals surface area contributed by atoms with Gasteiger partial charge in [0.05, 0.1) is 13.7 Å². The zero-order valence-electron chi connectivity index (χ0n) is 10.4. The van der Waals surface area contributed by atoms with E-state index in [1.54, 1.807) is 18.2 Å². The molecule has 0 radical (unpaired) electrons. The fourth-order valence-corrected chi connectivity index (χ4v) is 1.50. The summed E-state index contributed by atoms with van der Waals surface area (Å²) in [5.74, 6) is 0.0495. The van der Waals surface area contributed by atoms with Gasteiger partial charge in [0, 0.05) is 5.02 Å². The van der Waals surface area contributed by atoms with Crippen molar-refractivity contribution >= 4 is 30.0 Å². The number of carbonyl (C=O) groups excluding carboxylic acids is 1. The van der Waals surface area contributed by atoms with Crippen molar-refractivity contribution in [1.29, 1.82) is 0 Å². The second kappa shape index (κ2) is 9.03. The Hall–Kier alpha value is -0.970. The molecule has 0 heterocycles. The van der Waals surface area contributed by atoms with Crippen molar-refractivity contribution in [1.82, 2.24) is 5.32 Å². The van der Waals surface area contributed by atoms with E-state index >= 15 is 0 Å². The lowest BCUT2D eigenvalue weighted by atomic mass is 10.2. The zero-order valence-corrected chi connectivity index (χ0v) is 11.9. The first-order valence-electron chi connectivity index (χ1n) is 5.34. The predicted octanol–water partition coefficient (Wildman–Crippen LogP) is 2.54. The number of hydrogen-bond donors (Lipinski definition) is 1. The van der Waals surface area contributed by atoms with Crippen LogP contribution < -0.4 is 10.1 Å². The summed E-state index contributed by atoms with van der Waals surface area (Å²) in [7, 11) is 3.20. The Morgan fingerprint density at radius 1 is 1.44 bits per heavy atom. The number of nitrogens with one attached hydrogen (secondary N) is 1. The van der Waals surface area contributed by atoms with Crippen LogP contribution in [-0.4, -0.2) is 33.3 Å². The molecule has 0 saturated heterocycles. The SMILES string of the molecule is CNCCCOc1ccc(Cl)cc1C(=O)OC.Cl. The first-order chi connectivity index (χ1) is 8.19. The number of hydrogen-bond acceptors (Lipinski definition) is 4. The van der Waals surface area contributed by atoms with Gasteiger partial charge in [0.1, 0.15) is 11.3 Å². The molecule has 18 heavy (non-hydrogen) atoms. The molecule has 0 unspecified atom stereocenters. The minimum atomic E-state index is -0.448. The average Bonchev–Trinajstić information content (AvgIpc) is 2.35. The Bertz CT molecular complexity index is 386. The van der Waals surface area contributed by atoms with Gasteiger partial charge in [-0.1, -0.05) is 11.6 Å². The lowest BCUT2D eigenvalue weighted by Gasteiger charge is -2.10. The van der Waals surface area contributed by atoms with Gasteiger partial charge in [0.15, 0.2) is 0 Å². The smallest absolute Gasteiger partial charge is 0.341 e. The molecule has 0 aliphatic carbocycles. The van der Waals surface area contributed by atoms with Crippen LogP contribution in [0.1, 0.15) is 16.8 Å². The maximum absolute atomic E-state index is 11.5. The summed E-state index contributed by atoms with van der Waals surface area (Å²) in [6, 6.07) is 4.90. The molecule has 1 aromatic rings. The molecule has 1 rings (SSSR count). The third-order valence-electron chi connectivity index (χ3n) is 2.18. The average molecular weight is 294 g/mol. The molecule has 0 atom stereocenters. The van der Waals surface area contributed by atoms with Gasteiger partial charge in [-0.25, -0.2) is 4.79 Å². The fourth-order valence-electron chi connectivity index (χ4n) is 1.33. The molecule has 0 aromatic heterocycles. The summed E-state index contributed by atoms with van der Waals surface area (Å²) >= 11 is 5.83. The Kier molecular flexibility index (Phi) is 8.54. The van der Waals surface area contributed by atoms with Gasteiger partial charge in [-0.15, -0.1) is 12.4 Å². The van der Waals surface area contributed by atoms with Crippen molar-refractivity contribution in [3.8, 4) is 5.75 Å². The highest BCUT2D eigenvalue weighted by molar-refractivity contribution is 6.31. The fraction of sp³-hybridized carbons (Fsp3) is 0.417. The molecular weight excluding hydrogens is 277 g/mol. The predicted molar refractivity (Wildman–Crippen MR) is 74.1 cm³/mol. The van der Waals surface area contributed by atoms with Crippen molar-refractivity contribution in [3.05, 3.63) is 28.8 Å². The van der Waals surface area contributed by atoms with E-state index in [0.29, 0.717) is 22.9 Å². The monoisotopic (exact) mass is 293 g/mol. The van der Waals surface area contributed by atoms with Gasteiger partial charge in [-0.2, -0.15) is 0 Å². The molecule has 0 fully saturated rings. The number of esters is 1. The van der Waals surface area contributed by atoms with Crippen molar-refractivity contribution in [2.45, 2.75) is 6.42 Å². The molecule has 0 bridgehead atoms. The van der Waals surface area contributed by atoms with E-state index in [-0.39, 0.29) is 12.4 Å². The highest BCUT2D eigenvalue weighted by Crippen LogP contribution is 2.23. The highest BCUT2D eigenvalue weighted by Gasteiger charge is 2.13. The lowest BCUT2D eigenvalue weighted by molar-refractivity contribution is 0.0596. The molecule has 0 aliphatic heterocycles. The second-order valence-corrected chi connectivity index (χ2v) is 3.87. The van der Waals surface area contributed by atoms with E-state index in [9.17, 15) is 4.79 Å². The van der Waals surface area contributed by atoms with Crippen molar-refractivity contribution < 1.29 is 14.3 Å². The number of halogens is 2. The van der Waals surface area contributed by atoms with Crippen LogP contribution in [0.4, 0.5) is 0 Å². The van der Waals surface area contributed by atoms with Crippen LogP contribution in [0.25, 0.3) is 0 Å². The van der Waals surface area contributed by atoms with Crippen LogP contribution in [0, 0.1) is 0 Å². The van der Waals surface area contributed by atoms with Crippen LogP contribution in [-0.2, 0) is 4.74 Å². The Morgan fingerprint density at radius 2 is 2.17 bits per heavy atom. The minimum absolute atomic E-state index is 0. The Morgan fingerprint density at radius 3 is 2.78 bits per heavy atom. The van der Waals surface area contributed by atoms with Gasteiger partial charge in [0.2, 0.25) is 0 Å². The molecule has 1 aromatic carbocycles. The largest absolute Gasteiger partial charge is 0.493 e. The molecule has 0 aliphatic rings. The number of rotatable bonds is 6. The minimum Gasteiger partial charge on any atom is -0.493 e. The third kappa shape index (κ3) is 5.12. The molecular formula is C12H17Cl2NO3. The Labute approximate surface area is 118 Å². The van der Waals surface area contributed by atoms with E-state index in [4.69, 9.17) is 16.3 Å². The standard InChI is InChI=1S/C12H16ClNO3.ClH/c1-14-6-3-7-17-11-5-4-9(13)8-10(11)12(15)16-2;/h4-5,8,14H,3,6-7H2,1-2H3;1H. The zero-order chi connectivity index (χ0) is 12.7. The maximum atomic E-state index is 11.5. The van der Waals surface area contributed by atoms with Gasteiger partial charge in [-0.05, 0) is 38.2 Å². The summed E-state index contributed by atoms with van der Waals surface area (Å²) < 4.78 is 10.2. The first kappa shape index (κ1) is 17.0. The normalized spacial score (nSPS) is 9.50. The molecule has 0 amide bonds. The van der Waals surface area contributed by atoms with Gasteiger partial charge >= 0.3 is 5.97 Å². The van der Waals surface area contributed by atoms with E-state index in [2.05, 4.69) is 10.1 Å². The number of methoxy groups -OCH3 is 1. The first-order valence-corrected chi connectivity index (χ1v) is 5.72. The molecule has 0 saturated carbocycles. The van der Waals surface area contributed by atoms with E-state index in [1.807, 2.05) is 7.05 Å². The number of ether oxygens (including phenoxy) is 2. The number of carbonyl (C=O) groups is 1. The third-order valence-corrected chi connectivity index (χ3v) is 2.41. The number of benzene rings is 1. The summed E-state index contributed by atoms with van der Waals surface area (Å²) in [4.78, 5) is 11.5. The van der Waals surface area contributed by atoms with Crippen LogP contribution in [0.3, 0.4) is 0 Å². The van der Waals surface area contributed by atoms with E-state index in [0.717, 1.165) is 13.0 Å². The van der Waals surface area contributed by atoms with Crippen LogP contribution in [0.15, 0.2) is 18.2 Å². The van der Waals surface area contributed by atoms with Crippen molar-refractivity contribution in [2.24, 2.45) is 0 Å². The summed E-state index contributed by atoms with van der Waals surface area (Å²) in [5.41, 5.74) is 0.351. The van der Waals surface area contributed by atoms with Gasteiger partial charge in [-0.3, -0.25) is 0 Å². The quantitative estimate of drug-likeness (QED) is 0.647. The summed E-state index contributed by atoms with van der Waals surface area (Å²) in [6.07, 6.45) is 0.861. The molecule has 0 spiro atoms. The lowest BCUT2D eigenvalue weighted by Crippen LogP contribution is -2.13. The van der Waals surface area contributed by atoms with Crippen LogP contribution in [0.5, 0.6) is 5.75 Å². The van der Waals surface area contributed by atoms with Gasteiger partial charge < -0.3 is 14.8 Å². The molecule has 6 heteroatoms.